The van der Waals surface area contributed by atoms with Crippen LogP contribution < -0.4 is 4.90 Å². The summed E-state index contributed by atoms with van der Waals surface area (Å²) in [6, 6.07) is 0. The maximum Gasteiger partial charge on any atom is 0.309 e. The van der Waals surface area contributed by atoms with E-state index in [4.69, 9.17) is 5.11 Å². The molecule has 0 radical (unpaired) electrons. The van der Waals surface area contributed by atoms with Gasteiger partial charge in [0.2, 0.25) is 0 Å². The Kier molecular flexibility index (Phi) is 3.33. The van der Waals surface area contributed by atoms with Crippen LogP contribution in [0.25, 0.3) is 0 Å². The van der Waals surface area contributed by atoms with Gasteiger partial charge < -0.3 is 10.0 Å². The molecule has 7 nitrogen and oxygen atoms in total. The van der Waals surface area contributed by atoms with E-state index in [2.05, 4.69) is 20.2 Å². The van der Waals surface area contributed by atoms with Crippen LogP contribution in [0.5, 0.6) is 0 Å². The first-order chi connectivity index (χ1) is 8.15. The number of H-pyrrole nitrogens is 1. The fourth-order valence-corrected chi connectivity index (χ4v) is 2.10. The number of hydrogen-bond donors (Lipinski definition) is 2. The molecule has 0 aliphatic rings. The molecule has 2 aromatic rings. The zero-order valence-electron chi connectivity index (χ0n) is 9.12. The second kappa shape index (κ2) is 4.91. The summed E-state index contributed by atoms with van der Waals surface area (Å²) in [6.07, 6.45) is 1.40. The highest BCUT2D eigenvalue weighted by Gasteiger charge is 2.10. The number of nitrogens with zero attached hydrogens (tertiary/aromatic N) is 4. The first kappa shape index (κ1) is 11.5. The lowest BCUT2D eigenvalue weighted by Crippen LogP contribution is -2.17. The van der Waals surface area contributed by atoms with Gasteiger partial charge in [0.05, 0.1) is 18.7 Å². The van der Waals surface area contributed by atoms with E-state index in [0.717, 1.165) is 11.0 Å². The molecule has 90 valence electrons. The molecule has 17 heavy (non-hydrogen) atoms. The van der Waals surface area contributed by atoms with Crippen molar-refractivity contribution in [1.82, 2.24) is 20.2 Å². The Labute approximate surface area is 101 Å². The fourth-order valence-electron chi connectivity index (χ4n) is 1.31. The summed E-state index contributed by atoms with van der Waals surface area (Å²) < 4.78 is 0. The van der Waals surface area contributed by atoms with E-state index in [1.165, 1.54) is 17.7 Å². The number of aliphatic carboxylic acids is 1. The first-order valence-electron chi connectivity index (χ1n) is 4.86. The second-order valence-electron chi connectivity index (χ2n) is 3.48. The number of hydrogen-bond acceptors (Lipinski definition) is 6. The molecule has 0 bridgehead atoms. The maximum atomic E-state index is 10.5. The van der Waals surface area contributed by atoms with Crippen LogP contribution >= 0.6 is 11.3 Å². The van der Waals surface area contributed by atoms with E-state index >= 15 is 0 Å². The van der Waals surface area contributed by atoms with Crippen LogP contribution in [0.1, 0.15) is 11.5 Å². The van der Waals surface area contributed by atoms with Crippen LogP contribution in [0.3, 0.4) is 0 Å². The molecule has 2 rings (SSSR count). The Morgan fingerprint density at radius 1 is 1.65 bits per heavy atom. The summed E-state index contributed by atoms with van der Waals surface area (Å²) in [5.74, 6) is -0.137. The van der Waals surface area contributed by atoms with Crippen LogP contribution in [-0.4, -0.2) is 38.3 Å². The lowest BCUT2D eigenvalue weighted by atomic mass is 10.3. The quantitative estimate of drug-likeness (QED) is 0.806. The van der Waals surface area contributed by atoms with Crippen molar-refractivity contribution in [1.29, 1.82) is 0 Å². The third kappa shape index (κ3) is 3.00. The smallest absolute Gasteiger partial charge is 0.309 e. The minimum atomic E-state index is -0.875. The number of anilines is 1. The third-order valence-corrected chi connectivity index (χ3v) is 3.05. The van der Waals surface area contributed by atoms with Crippen molar-refractivity contribution in [2.24, 2.45) is 0 Å². The van der Waals surface area contributed by atoms with Gasteiger partial charge in [-0.2, -0.15) is 5.10 Å². The molecule has 0 aliphatic carbocycles. The summed E-state index contributed by atoms with van der Waals surface area (Å²) in [5.41, 5.74) is 0.571. The van der Waals surface area contributed by atoms with Crippen molar-refractivity contribution in [2.45, 2.75) is 13.0 Å². The average Bonchev–Trinajstić information content (AvgIpc) is 2.87. The van der Waals surface area contributed by atoms with E-state index in [9.17, 15) is 4.79 Å². The van der Waals surface area contributed by atoms with Crippen LogP contribution in [0, 0.1) is 0 Å². The van der Waals surface area contributed by atoms with E-state index in [1.807, 2.05) is 11.9 Å². The van der Waals surface area contributed by atoms with Crippen LogP contribution in [-0.2, 0) is 17.8 Å². The molecule has 0 aliphatic heterocycles. The molecule has 0 saturated carbocycles. The SMILES string of the molecule is CN(Cc1ncn[nH]1)c1nc(CC(=O)O)cs1. The zero-order chi connectivity index (χ0) is 12.3. The molecular weight excluding hydrogens is 242 g/mol. The van der Waals surface area contributed by atoms with Gasteiger partial charge in [-0.15, -0.1) is 11.3 Å². The van der Waals surface area contributed by atoms with Gasteiger partial charge in [-0.1, -0.05) is 0 Å². The molecule has 0 fully saturated rings. The molecule has 0 saturated heterocycles. The lowest BCUT2D eigenvalue weighted by molar-refractivity contribution is -0.136. The number of thiazole rings is 1. The molecule has 2 heterocycles. The molecule has 0 atom stereocenters. The largest absolute Gasteiger partial charge is 0.481 e. The highest BCUT2D eigenvalue weighted by molar-refractivity contribution is 7.13. The molecule has 0 unspecified atom stereocenters. The van der Waals surface area contributed by atoms with Crippen LogP contribution in [0.4, 0.5) is 5.13 Å². The van der Waals surface area contributed by atoms with Gasteiger partial charge >= 0.3 is 5.97 Å². The topological polar surface area (TPSA) is 95.0 Å². The monoisotopic (exact) mass is 253 g/mol. The van der Waals surface area contributed by atoms with Crippen molar-refractivity contribution in [3.8, 4) is 0 Å². The average molecular weight is 253 g/mol. The van der Waals surface area contributed by atoms with Crippen molar-refractivity contribution >= 4 is 22.4 Å². The summed E-state index contributed by atoms with van der Waals surface area (Å²) in [5, 5.41) is 17.7. The minimum absolute atomic E-state index is 0.0490. The van der Waals surface area contributed by atoms with E-state index in [0.29, 0.717) is 12.2 Å². The molecule has 0 amide bonds. The predicted molar refractivity (Wildman–Crippen MR) is 61.9 cm³/mol. The molecule has 2 N–H and O–H groups in total. The van der Waals surface area contributed by atoms with Gasteiger partial charge in [0.15, 0.2) is 5.13 Å². The van der Waals surface area contributed by atoms with Crippen LogP contribution in [0.2, 0.25) is 0 Å². The second-order valence-corrected chi connectivity index (χ2v) is 4.32. The third-order valence-electron chi connectivity index (χ3n) is 2.05. The maximum absolute atomic E-state index is 10.5. The van der Waals surface area contributed by atoms with Crippen molar-refractivity contribution in [3.05, 3.63) is 23.2 Å². The van der Waals surface area contributed by atoms with Gasteiger partial charge in [-0.05, 0) is 0 Å². The fraction of sp³-hybridized carbons (Fsp3) is 0.333. The molecule has 0 spiro atoms. The Bertz CT molecular complexity index is 495. The summed E-state index contributed by atoms with van der Waals surface area (Å²) >= 11 is 1.41. The zero-order valence-corrected chi connectivity index (χ0v) is 9.94. The van der Waals surface area contributed by atoms with Crippen molar-refractivity contribution in [3.63, 3.8) is 0 Å². The lowest BCUT2D eigenvalue weighted by Gasteiger charge is -2.12. The van der Waals surface area contributed by atoms with Gasteiger partial charge in [-0.25, -0.2) is 9.97 Å². The van der Waals surface area contributed by atoms with E-state index in [-0.39, 0.29) is 6.42 Å². The van der Waals surface area contributed by atoms with Crippen molar-refractivity contribution in [2.75, 3.05) is 11.9 Å². The minimum Gasteiger partial charge on any atom is -0.481 e. The summed E-state index contributed by atoms with van der Waals surface area (Å²) in [7, 11) is 1.87. The Hall–Kier alpha value is -1.96. The molecular formula is C9H11N5O2S. The number of aromatic amines is 1. The standard InChI is InChI=1S/C9H11N5O2S/c1-14(3-7-10-5-11-13-7)9-12-6(4-17-9)2-8(15)16/h4-5H,2-3H2,1H3,(H,15,16)(H,10,11,13). The number of aromatic nitrogens is 4. The van der Waals surface area contributed by atoms with Gasteiger partial charge in [-0.3, -0.25) is 9.89 Å². The Morgan fingerprint density at radius 2 is 2.47 bits per heavy atom. The highest BCUT2D eigenvalue weighted by atomic mass is 32.1. The predicted octanol–water partition coefficient (Wildman–Crippen LogP) is 0.525. The summed E-state index contributed by atoms with van der Waals surface area (Å²) in [4.78, 5) is 20.7. The molecule has 0 aromatic carbocycles. The Balaban J connectivity index is 2.01. The Morgan fingerprint density at radius 3 is 3.12 bits per heavy atom. The van der Waals surface area contributed by atoms with Crippen molar-refractivity contribution < 1.29 is 9.90 Å². The molecule has 2 aromatic heterocycles. The number of nitrogens with one attached hydrogen (secondary N) is 1. The van der Waals surface area contributed by atoms with E-state index < -0.39 is 5.97 Å². The highest BCUT2D eigenvalue weighted by Crippen LogP contribution is 2.20. The number of rotatable bonds is 5. The molecule has 8 heteroatoms. The first-order valence-corrected chi connectivity index (χ1v) is 5.74. The summed E-state index contributed by atoms with van der Waals surface area (Å²) in [6.45, 7) is 0.556. The van der Waals surface area contributed by atoms with Gasteiger partial charge in [0.1, 0.15) is 12.2 Å². The van der Waals surface area contributed by atoms with Crippen LogP contribution in [0.15, 0.2) is 11.7 Å². The number of carbonyl (C=O) groups is 1. The number of carboxylic acids is 1. The van der Waals surface area contributed by atoms with E-state index in [1.54, 1.807) is 5.38 Å². The van der Waals surface area contributed by atoms with Gasteiger partial charge in [0.25, 0.3) is 0 Å². The van der Waals surface area contributed by atoms with Gasteiger partial charge in [0, 0.05) is 12.4 Å². The number of carboxylic acid groups (broad SMARTS) is 1. The normalized spacial score (nSPS) is 10.4.